The van der Waals surface area contributed by atoms with E-state index in [1.54, 1.807) is 4.90 Å². The Labute approximate surface area is 141 Å². The number of hydrogen-bond donors (Lipinski definition) is 2. The summed E-state index contributed by atoms with van der Waals surface area (Å²) in [6.45, 7) is 2.07. The minimum absolute atomic E-state index is 0.00112. The summed E-state index contributed by atoms with van der Waals surface area (Å²) < 4.78 is 0. The van der Waals surface area contributed by atoms with Gasteiger partial charge in [0.1, 0.15) is 6.04 Å². The van der Waals surface area contributed by atoms with Gasteiger partial charge < -0.3 is 15.3 Å². The topological polar surface area (TPSA) is 86.7 Å². The second-order valence-corrected chi connectivity index (χ2v) is 6.20. The van der Waals surface area contributed by atoms with Gasteiger partial charge in [0.25, 0.3) is 0 Å². The van der Waals surface area contributed by atoms with Gasteiger partial charge in [0.15, 0.2) is 0 Å². The molecule has 1 saturated heterocycles. The van der Waals surface area contributed by atoms with Crippen LogP contribution in [-0.4, -0.2) is 46.4 Å². The molecule has 0 aliphatic carbocycles. The number of carbonyl (C=O) groups excluding carboxylic acids is 2. The molecule has 2 rings (SSSR count). The van der Waals surface area contributed by atoms with Gasteiger partial charge in [0.05, 0.1) is 0 Å². The van der Waals surface area contributed by atoms with Crippen LogP contribution in [0.15, 0.2) is 30.3 Å². The molecule has 1 fully saturated rings. The highest BCUT2D eigenvalue weighted by Crippen LogP contribution is 2.18. The number of carboxylic acids is 1. The molecule has 0 saturated carbocycles. The molecule has 2 amide bonds. The average molecular weight is 332 g/mol. The molecule has 130 valence electrons. The summed E-state index contributed by atoms with van der Waals surface area (Å²) in [5.74, 6) is -1.17. The van der Waals surface area contributed by atoms with Crippen molar-refractivity contribution >= 4 is 17.8 Å². The lowest BCUT2D eigenvalue weighted by Crippen LogP contribution is -2.49. The molecule has 0 bridgehead atoms. The Morgan fingerprint density at radius 1 is 1.29 bits per heavy atom. The van der Waals surface area contributed by atoms with E-state index in [0.29, 0.717) is 25.8 Å². The average Bonchev–Trinajstić information content (AvgIpc) is 3.03. The Morgan fingerprint density at radius 3 is 2.62 bits per heavy atom. The minimum Gasteiger partial charge on any atom is -0.481 e. The monoisotopic (exact) mass is 332 g/mol. The minimum atomic E-state index is -0.881. The molecule has 0 spiro atoms. The highest BCUT2D eigenvalue weighted by Gasteiger charge is 2.33. The zero-order valence-electron chi connectivity index (χ0n) is 13.9. The van der Waals surface area contributed by atoms with E-state index in [1.165, 1.54) is 6.92 Å². The van der Waals surface area contributed by atoms with Crippen molar-refractivity contribution in [2.75, 3.05) is 6.54 Å². The van der Waals surface area contributed by atoms with Gasteiger partial charge in [-0.2, -0.15) is 0 Å². The maximum atomic E-state index is 12.6. The van der Waals surface area contributed by atoms with Crippen molar-refractivity contribution in [2.24, 2.45) is 0 Å². The van der Waals surface area contributed by atoms with Gasteiger partial charge in [-0.1, -0.05) is 30.3 Å². The van der Waals surface area contributed by atoms with Gasteiger partial charge in [0, 0.05) is 25.9 Å². The standard InChI is InChI=1S/C18H24N2O4/c1-13(21)20-11-5-8-16(20)18(24)19-15(9-10-17(22)23)12-14-6-3-2-4-7-14/h2-4,6-7,15-16H,5,8-12H2,1H3,(H,19,24)(H,22,23). The lowest BCUT2D eigenvalue weighted by molar-refractivity contribution is -0.138. The summed E-state index contributed by atoms with van der Waals surface area (Å²) in [5.41, 5.74) is 1.04. The molecule has 1 aliphatic rings. The quantitative estimate of drug-likeness (QED) is 0.794. The third-order valence-electron chi connectivity index (χ3n) is 4.34. The van der Waals surface area contributed by atoms with Crippen LogP contribution in [0.1, 0.15) is 38.2 Å². The summed E-state index contributed by atoms with van der Waals surface area (Å²) >= 11 is 0. The van der Waals surface area contributed by atoms with Gasteiger partial charge in [-0.15, -0.1) is 0 Å². The number of hydrogen-bond acceptors (Lipinski definition) is 3. The Balaban J connectivity index is 2.02. The Morgan fingerprint density at radius 2 is 2.00 bits per heavy atom. The van der Waals surface area contributed by atoms with Gasteiger partial charge in [-0.05, 0) is 31.2 Å². The molecule has 0 radical (unpaired) electrons. The molecule has 2 unspecified atom stereocenters. The number of aliphatic carboxylic acids is 1. The number of nitrogens with one attached hydrogen (secondary N) is 1. The van der Waals surface area contributed by atoms with Crippen LogP contribution in [0.25, 0.3) is 0 Å². The van der Waals surface area contributed by atoms with Crippen molar-refractivity contribution in [3.8, 4) is 0 Å². The summed E-state index contributed by atoms with van der Waals surface area (Å²) in [7, 11) is 0. The van der Waals surface area contributed by atoms with E-state index in [-0.39, 0.29) is 24.3 Å². The molecular formula is C18H24N2O4. The maximum Gasteiger partial charge on any atom is 0.303 e. The molecule has 6 heteroatoms. The van der Waals surface area contributed by atoms with Crippen LogP contribution in [0.4, 0.5) is 0 Å². The van der Waals surface area contributed by atoms with Crippen molar-refractivity contribution in [1.29, 1.82) is 0 Å². The first-order valence-corrected chi connectivity index (χ1v) is 8.30. The fraction of sp³-hybridized carbons (Fsp3) is 0.500. The van der Waals surface area contributed by atoms with E-state index >= 15 is 0 Å². The smallest absolute Gasteiger partial charge is 0.303 e. The zero-order valence-corrected chi connectivity index (χ0v) is 13.9. The maximum absolute atomic E-state index is 12.6. The Kier molecular flexibility index (Phi) is 6.35. The zero-order chi connectivity index (χ0) is 17.5. The van der Waals surface area contributed by atoms with E-state index in [0.717, 1.165) is 12.0 Å². The summed E-state index contributed by atoms with van der Waals surface area (Å²) in [5, 5.41) is 11.9. The number of nitrogens with zero attached hydrogens (tertiary/aromatic N) is 1. The molecular weight excluding hydrogens is 308 g/mol. The number of benzene rings is 1. The fourth-order valence-electron chi connectivity index (χ4n) is 3.14. The van der Waals surface area contributed by atoms with Gasteiger partial charge in [0.2, 0.25) is 11.8 Å². The number of likely N-dealkylation sites (tertiary alicyclic amines) is 1. The van der Waals surface area contributed by atoms with Crippen molar-refractivity contribution in [2.45, 2.75) is 51.1 Å². The molecule has 2 atom stereocenters. The van der Waals surface area contributed by atoms with Crippen LogP contribution in [-0.2, 0) is 20.8 Å². The molecule has 1 heterocycles. The van der Waals surface area contributed by atoms with Crippen LogP contribution in [0, 0.1) is 0 Å². The molecule has 1 aliphatic heterocycles. The summed E-state index contributed by atoms with van der Waals surface area (Å²) in [6.07, 6.45) is 2.41. The normalized spacial score (nSPS) is 18.2. The first-order chi connectivity index (χ1) is 11.5. The van der Waals surface area contributed by atoms with E-state index in [4.69, 9.17) is 5.11 Å². The lowest BCUT2D eigenvalue weighted by atomic mass is 10.0. The van der Waals surface area contributed by atoms with Crippen molar-refractivity contribution in [3.05, 3.63) is 35.9 Å². The second kappa shape index (κ2) is 8.47. The molecule has 24 heavy (non-hydrogen) atoms. The molecule has 1 aromatic carbocycles. The van der Waals surface area contributed by atoms with Crippen LogP contribution >= 0.6 is 0 Å². The first-order valence-electron chi connectivity index (χ1n) is 8.30. The summed E-state index contributed by atoms with van der Waals surface area (Å²) in [6, 6.07) is 8.96. The van der Waals surface area contributed by atoms with Gasteiger partial charge >= 0.3 is 5.97 Å². The van der Waals surface area contributed by atoms with Crippen molar-refractivity contribution in [3.63, 3.8) is 0 Å². The highest BCUT2D eigenvalue weighted by molar-refractivity contribution is 5.87. The third-order valence-corrected chi connectivity index (χ3v) is 4.34. The highest BCUT2D eigenvalue weighted by atomic mass is 16.4. The van der Waals surface area contributed by atoms with Crippen LogP contribution < -0.4 is 5.32 Å². The van der Waals surface area contributed by atoms with E-state index in [1.807, 2.05) is 30.3 Å². The number of carboxylic acid groups (broad SMARTS) is 1. The van der Waals surface area contributed by atoms with Crippen LogP contribution in [0.3, 0.4) is 0 Å². The van der Waals surface area contributed by atoms with Crippen LogP contribution in [0.5, 0.6) is 0 Å². The van der Waals surface area contributed by atoms with E-state index in [2.05, 4.69) is 5.32 Å². The van der Waals surface area contributed by atoms with Crippen molar-refractivity contribution < 1.29 is 19.5 Å². The largest absolute Gasteiger partial charge is 0.481 e. The SMILES string of the molecule is CC(=O)N1CCCC1C(=O)NC(CCC(=O)O)Cc1ccccc1. The predicted octanol–water partition coefficient (Wildman–Crippen LogP) is 1.59. The second-order valence-electron chi connectivity index (χ2n) is 6.20. The predicted molar refractivity (Wildman–Crippen MR) is 89.4 cm³/mol. The number of carbonyl (C=O) groups is 3. The summed E-state index contributed by atoms with van der Waals surface area (Å²) in [4.78, 5) is 36.6. The molecule has 6 nitrogen and oxygen atoms in total. The third kappa shape index (κ3) is 5.08. The van der Waals surface area contributed by atoms with Crippen molar-refractivity contribution in [1.82, 2.24) is 10.2 Å². The van der Waals surface area contributed by atoms with Gasteiger partial charge in [-0.3, -0.25) is 14.4 Å². The van der Waals surface area contributed by atoms with E-state index < -0.39 is 12.0 Å². The molecule has 1 aromatic rings. The molecule has 2 N–H and O–H groups in total. The number of amides is 2. The fourth-order valence-corrected chi connectivity index (χ4v) is 3.14. The van der Waals surface area contributed by atoms with Gasteiger partial charge in [-0.25, -0.2) is 0 Å². The Bertz CT molecular complexity index is 588. The van der Waals surface area contributed by atoms with Crippen LogP contribution in [0.2, 0.25) is 0 Å². The first kappa shape index (κ1) is 18.0. The number of rotatable bonds is 7. The Hall–Kier alpha value is -2.37. The molecule has 0 aromatic heterocycles. The van der Waals surface area contributed by atoms with E-state index in [9.17, 15) is 14.4 Å². The lowest BCUT2D eigenvalue weighted by Gasteiger charge is -2.25.